The number of allylic oxidation sites excluding steroid dienone is 32. The summed E-state index contributed by atoms with van der Waals surface area (Å²) in [7, 11) is -9.85. The van der Waals surface area contributed by atoms with Gasteiger partial charge in [-0.05, 0) is 154 Å². The third-order valence-electron chi connectivity index (χ3n) is 14.8. The van der Waals surface area contributed by atoms with E-state index in [1.54, 1.807) is 0 Å². The van der Waals surface area contributed by atoms with Gasteiger partial charge in [-0.15, -0.1) is 0 Å². The zero-order chi connectivity index (χ0) is 73.7. The van der Waals surface area contributed by atoms with Crippen LogP contribution in [0.15, 0.2) is 194 Å². The first kappa shape index (κ1) is 95.4. The van der Waals surface area contributed by atoms with E-state index in [0.717, 1.165) is 135 Å². The molecule has 0 aliphatic rings. The minimum Gasteiger partial charge on any atom is -0.463 e. The number of phosphoric acid groups is 2. The molecular formula is C83H132O16P2. The molecule has 16 nitrogen and oxygen atoms in total. The van der Waals surface area contributed by atoms with Crippen LogP contribution in [0.25, 0.3) is 0 Å². The summed E-state index contributed by atoms with van der Waals surface area (Å²) in [6, 6.07) is 0. The fourth-order valence-corrected chi connectivity index (χ4v) is 10.7. The molecule has 0 radical (unpaired) electrons. The van der Waals surface area contributed by atoms with Crippen LogP contribution in [-0.2, 0) is 55.8 Å². The summed E-state index contributed by atoms with van der Waals surface area (Å²) in [4.78, 5) is 58.6. The number of ether oxygens (including phenoxy) is 3. The van der Waals surface area contributed by atoms with E-state index in [1.807, 2.05) is 18.2 Å². The summed E-state index contributed by atoms with van der Waals surface area (Å²) in [5.41, 5.74) is 0. The van der Waals surface area contributed by atoms with Crippen molar-refractivity contribution in [2.24, 2.45) is 0 Å². The zero-order valence-corrected chi connectivity index (χ0v) is 63.8. The lowest BCUT2D eigenvalue weighted by molar-refractivity contribution is -0.161. The maximum atomic E-state index is 12.9. The lowest BCUT2D eigenvalue weighted by atomic mass is 10.1. The molecule has 0 heterocycles. The number of rotatable bonds is 69. The molecule has 0 aromatic carbocycles. The van der Waals surface area contributed by atoms with E-state index in [0.29, 0.717) is 25.7 Å². The molecule has 0 amide bonds. The van der Waals surface area contributed by atoms with Gasteiger partial charge in [0, 0.05) is 19.3 Å². The van der Waals surface area contributed by atoms with Crippen molar-refractivity contribution in [3.8, 4) is 0 Å². The van der Waals surface area contributed by atoms with Crippen molar-refractivity contribution < 1.29 is 75.8 Å². The van der Waals surface area contributed by atoms with Gasteiger partial charge in [0.2, 0.25) is 0 Å². The van der Waals surface area contributed by atoms with Crippen LogP contribution in [0.1, 0.15) is 252 Å². The predicted octanol–water partition coefficient (Wildman–Crippen LogP) is 22.0. The van der Waals surface area contributed by atoms with E-state index in [4.69, 9.17) is 32.3 Å². The molecule has 101 heavy (non-hydrogen) atoms. The van der Waals surface area contributed by atoms with Crippen LogP contribution in [-0.4, -0.2) is 95.9 Å². The molecule has 0 aromatic heterocycles. The molecule has 0 saturated carbocycles. The number of hydrogen-bond acceptors (Lipinski definition) is 14. The van der Waals surface area contributed by atoms with Gasteiger partial charge in [0.15, 0.2) is 6.10 Å². The van der Waals surface area contributed by atoms with Gasteiger partial charge in [-0.3, -0.25) is 32.5 Å². The number of phosphoric ester groups is 2. The molecule has 0 fully saturated rings. The van der Waals surface area contributed by atoms with E-state index in [-0.39, 0.29) is 19.3 Å². The Bertz CT molecular complexity index is 2620. The summed E-state index contributed by atoms with van der Waals surface area (Å²) < 4.78 is 60.9. The van der Waals surface area contributed by atoms with Crippen LogP contribution in [0, 0.1) is 0 Å². The molecule has 0 saturated heterocycles. The minimum atomic E-state index is -4.97. The van der Waals surface area contributed by atoms with Gasteiger partial charge in [0.25, 0.3) is 0 Å². The molecule has 0 rings (SSSR count). The summed E-state index contributed by atoms with van der Waals surface area (Å²) in [6.45, 7) is 2.24. The van der Waals surface area contributed by atoms with Gasteiger partial charge in [0.05, 0.1) is 26.4 Å². The fraction of sp³-hybridized carbons (Fsp3) is 0.578. The van der Waals surface area contributed by atoms with Crippen molar-refractivity contribution in [2.75, 3.05) is 39.6 Å². The molecule has 570 valence electrons. The molecule has 0 aromatic rings. The summed E-state index contributed by atoms with van der Waals surface area (Å²) in [6.07, 6.45) is 96.4. The largest absolute Gasteiger partial charge is 0.472 e. The molecule has 18 heteroatoms. The van der Waals surface area contributed by atoms with Gasteiger partial charge < -0.3 is 34.2 Å². The molecular weight excluding hydrogens is 1310 g/mol. The molecule has 0 aliphatic carbocycles. The fourth-order valence-electron chi connectivity index (χ4n) is 9.11. The monoisotopic (exact) mass is 1450 g/mol. The van der Waals surface area contributed by atoms with Crippen molar-refractivity contribution in [3.63, 3.8) is 0 Å². The molecule has 5 unspecified atom stereocenters. The number of aliphatic hydroxyl groups is 2. The molecule has 0 aliphatic heterocycles. The van der Waals surface area contributed by atoms with Crippen LogP contribution in [0.3, 0.4) is 0 Å². The molecule has 5 atom stereocenters. The summed E-state index contributed by atoms with van der Waals surface area (Å²) >= 11 is 0. The molecule has 0 bridgehead atoms. The van der Waals surface area contributed by atoms with E-state index in [9.17, 15) is 43.5 Å². The van der Waals surface area contributed by atoms with Crippen LogP contribution in [0.5, 0.6) is 0 Å². The second-order valence-corrected chi connectivity index (χ2v) is 27.2. The minimum absolute atomic E-state index is 0.0396. The first-order valence-electron chi connectivity index (χ1n) is 37.7. The lowest BCUT2D eigenvalue weighted by Gasteiger charge is -2.21. The maximum Gasteiger partial charge on any atom is 0.472 e. The highest BCUT2D eigenvalue weighted by Crippen LogP contribution is 2.45. The first-order valence-corrected chi connectivity index (χ1v) is 40.7. The van der Waals surface area contributed by atoms with Crippen molar-refractivity contribution >= 4 is 33.6 Å². The Morgan fingerprint density at radius 3 is 0.891 bits per heavy atom. The smallest absolute Gasteiger partial charge is 0.463 e. The number of aliphatic hydroxyl groups excluding tert-OH is 2. The number of carbonyl (C=O) groups is 3. The van der Waals surface area contributed by atoms with Crippen molar-refractivity contribution in [3.05, 3.63) is 194 Å². The Balaban J connectivity index is 4.79. The Morgan fingerprint density at radius 2 is 0.545 bits per heavy atom. The van der Waals surface area contributed by atoms with Crippen LogP contribution in [0.2, 0.25) is 0 Å². The van der Waals surface area contributed by atoms with E-state index in [2.05, 4.69) is 197 Å². The van der Waals surface area contributed by atoms with Crippen LogP contribution < -0.4 is 0 Å². The van der Waals surface area contributed by atoms with Crippen molar-refractivity contribution in [2.45, 2.75) is 270 Å². The van der Waals surface area contributed by atoms with Crippen molar-refractivity contribution in [1.82, 2.24) is 0 Å². The Labute approximate surface area is 610 Å². The standard InChI is InChI=1S/C83H132O16P2/c1-4-7-10-13-16-19-22-25-28-31-34-36-37-38-39-41-44-45-48-51-54-57-60-63-66-69-81(86)93-72-78(84)73-95-100(89,90)96-74-79(85)75-97-101(91,92)98-77-80(99-83(88)71-68-65-62-59-56-53-50-47-42-33-30-27-24-21-18-15-12-9-6-3)76-94-82(87)70-67-64-61-58-55-52-49-46-43-40-35-32-29-26-23-20-17-14-11-8-5-2/h8-9,11-12,16-21,25-30,34-36,38-40,42,46-47,49,53,55-56,58,62,65,78-80,84-85H,4-7,10,13-15,22-24,31-33,37,41,43-45,48,50-52,54,57,59-61,63-64,66-77H2,1-3H3,(H,89,90)(H,91,92)/b11-8-,12-9-,19-16-,20-17-,21-18-,28-25-,29-26-,30-27-,36-34-,39-38-,40-35-,47-42-,49-46-,56-53-,58-55-,65-62-. The van der Waals surface area contributed by atoms with Gasteiger partial charge in [-0.1, -0.05) is 273 Å². The maximum absolute atomic E-state index is 12.9. The van der Waals surface area contributed by atoms with Gasteiger partial charge in [-0.25, -0.2) is 9.13 Å². The quantitative estimate of drug-likeness (QED) is 0.0146. The topological polar surface area (TPSA) is 231 Å². The SMILES string of the molecule is CC/C=C\C/C=C\C/C=C\C/C=C\C/C=C\C/C=C\CCCCC(=O)OCC(COP(=O)(O)OCC(O)COP(=O)(O)OCC(O)COC(=O)CCCCCCCCCCC/C=C\C/C=C\C/C=C\C/C=C\CCCCC)OC(=O)CC/C=C\C/C=C\C/C=C\C/C=C\C/C=C\C/C=C\CC. The van der Waals surface area contributed by atoms with Gasteiger partial charge >= 0.3 is 33.6 Å². The zero-order valence-electron chi connectivity index (χ0n) is 62.0. The number of hydrogen-bond donors (Lipinski definition) is 4. The van der Waals surface area contributed by atoms with E-state index >= 15 is 0 Å². The van der Waals surface area contributed by atoms with Gasteiger partial charge in [0.1, 0.15) is 25.4 Å². The van der Waals surface area contributed by atoms with Gasteiger partial charge in [-0.2, -0.15) is 0 Å². The molecule has 0 spiro atoms. The number of esters is 3. The van der Waals surface area contributed by atoms with Crippen LogP contribution >= 0.6 is 15.6 Å². The Kier molecular flexibility index (Phi) is 70.0. The average Bonchev–Trinajstić information content (AvgIpc) is 0.970. The Hall–Kier alpha value is -5.61. The second kappa shape index (κ2) is 74.1. The highest BCUT2D eigenvalue weighted by molar-refractivity contribution is 7.47. The summed E-state index contributed by atoms with van der Waals surface area (Å²) in [5, 5.41) is 20.6. The average molecular weight is 1450 g/mol. The third kappa shape index (κ3) is 75.4. The highest BCUT2D eigenvalue weighted by Gasteiger charge is 2.29. The van der Waals surface area contributed by atoms with Crippen LogP contribution in [0.4, 0.5) is 0 Å². The highest BCUT2D eigenvalue weighted by atomic mass is 31.2. The predicted molar refractivity (Wildman–Crippen MR) is 417 cm³/mol. The number of carbonyl (C=O) groups excluding carboxylic acids is 3. The molecule has 4 N–H and O–H groups in total. The second-order valence-electron chi connectivity index (χ2n) is 24.3. The normalized spacial score (nSPS) is 15.1. The summed E-state index contributed by atoms with van der Waals surface area (Å²) in [5.74, 6) is -1.75. The lowest BCUT2D eigenvalue weighted by Crippen LogP contribution is -2.29. The number of unbranched alkanes of at least 4 members (excludes halogenated alkanes) is 14. The third-order valence-corrected chi connectivity index (χ3v) is 16.7. The van der Waals surface area contributed by atoms with Crippen molar-refractivity contribution in [1.29, 1.82) is 0 Å². The van der Waals surface area contributed by atoms with E-state index in [1.165, 1.54) is 51.4 Å². The first-order chi connectivity index (χ1) is 49.2. The van der Waals surface area contributed by atoms with E-state index < -0.39 is 91.5 Å². The Morgan fingerprint density at radius 1 is 0.287 bits per heavy atom.